The number of nitrogens with one attached hydrogen (secondary N) is 4. The molecule has 0 radical (unpaired) electrons. The summed E-state index contributed by atoms with van der Waals surface area (Å²) in [7, 11) is 0. The summed E-state index contributed by atoms with van der Waals surface area (Å²) in [6.07, 6.45) is 17.0. The van der Waals surface area contributed by atoms with E-state index in [4.69, 9.17) is 46.4 Å². The van der Waals surface area contributed by atoms with Crippen LogP contribution in [0, 0.1) is 27.7 Å². The lowest BCUT2D eigenvalue weighted by Crippen LogP contribution is -2.42. The van der Waals surface area contributed by atoms with E-state index in [0.717, 1.165) is 98.7 Å². The number of hydrogen-bond acceptors (Lipinski definition) is 25. The topological polar surface area (TPSA) is 398 Å². The van der Waals surface area contributed by atoms with Crippen LogP contribution in [0.1, 0.15) is 158 Å². The highest BCUT2D eigenvalue weighted by molar-refractivity contribution is 7.18. The number of halogens is 4. The minimum atomic E-state index is -0.651. The first-order valence-corrected chi connectivity index (χ1v) is 48.9. The molecule has 0 unspecified atom stereocenters. The molecule has 9 aromatic carbocycles. The molecule has 0 bridgehead atoms. The number of ketones is 4. The smallest absolute Gasteiger partial charge is 0.261 e. The van der Waals surface area contributed by atoms with Crippen molar-refractivity contribution in [2.75, 3.05) is 0 Å². The molecule has 0 saturated heterocycles. The van der Waals surface area contributed by atoms with Gasteiger partial charge in [-0.3, -0.25) is 48.3 Å². The molecule has 0 aliphatic carbocycles. The van der Waals surface area contributed by atoms with Crippen LogP contribution >= 0.6 is 69.1 Å². The fourth-order valence-corrected chi connectivity index (χ4v) is 18.4. The summed E-state index contributed by atoms with van der Waals surface area (Å²) in [5, 5.41) is 60.6. The largest absolute Gasteiger partial charge is 0.342 e. The number of pyridine rings is 2. The second kappa shape index (κ2) is 51.7. The third-order valence-corrected chi connectivity index (χ3v) is 25.8. The normalized spacial score (nSPS) is 11.8. The molecule has 31 nitrogen and oxygen atoms in total. The molecular weight excluding hydrogens is 1920 g/mol. The van der Waals surface area contributed by atoms with Crippen molar-refractivity contribution in [3.05, 3.63) is 394 Å². The maximum absolute atomic E-state index is 13.4. The summed E-state index contributed by atoms with van der Waals surface area (Å²) < 4.78 is 7.24. The highest BCUT2D eigenvalue weighted by Crippen LogP contribution is 2.29. The molecule has 17 rings (SSSR count). The van der Waals surface area contributed by atoms with Gasteiger partial charge in [0.05, 0.1) is 67.0 Å². The van der Waals surface area contributed by atoms with E-state index < -0.39 is 24.2 Å². The molecule has 0 fully saturated rings. The van der Waals surface area contributed by atoms with Gasteiger partial charge in [-0.05, 0) is 318 Å². The average molecular weight is 2020 g/mol. The van der Waals surface area contributed by atoms with E-state index in [0.29, 0.717) is 144 Å². The molecule has 0 saturated carbocycles. The average Bonchev–Trinajstić information content (AvgIpc) is 1.66. The molecule has 4 atom stereocenters. The van der Waals surface area contributed by atoms with Gasteiger partial charge in [0.2, 0.25) is 0 Å². The third-order valence-electron chi connectivity index (χ3n) is 23.0. The number of aryl methyl sites for hydroxylation is 8. The van der Waals surface area contributed by atoms with E-state index >= 15 is 0 Å². The first-order chi connectivity index (χ1) is 68.9. The van der Waals surface area contributed by atoms with Gasteiger partial charge < -0.3 is 21.3 Å². The zero-order chi connectivity index (χ0) is 99.6. The molecule has 4 amide bonds. The van der Waals surface area contributed by atoms with E-state index in [1.165, 1.54) is 36.6 Å². The van der Waals surface area contributed by atoms with Gasteiger partial charge in [-0.1, -0.05) is 168 Å². The van der Waals surface area contributed by atoms with Crippen LogP contribution in [0.25, 0.3) is 33.0 Å². The maximum Gasteiger partial charge on any atom is 0.261 e. The SMILES string of the molecule is Cc1cc(C(=O)N[C@@H](Cc2ccccc2)C(=O)CCCc2cc(Cl)ccc2-n2cnnn2)ccn1.Cc1cc(C(=O)N[C@@H](Cc2ccccc2)C(=O)CCCc2cc(Cl)ccc2-n2cnnn2)ccn1.Cc1ccc(C(=O)N[C@@H](Cc2ccccc2)C(=O)CCCc2cc(Cl)ccc2-n2cnnn2)s1.Cc1nc2ccc(C(=O)N[C@@H](Cc3ccccc3)C(=O)CCCc3cc(Cl)ccc3-n3cnnn3)cc2s1. The molecule has 0 spiro atoms. The highest BCUT2D eigenvalue weighted by atomic mass is 35.5. The molecule has 4 N–H and O–H groups in total. The second-order valence-electron chi connectivity index (χ2n) is 33.4. The van der Waals surface area contributed by atoms with Gasteiger partial charge in [-0.15, -0.1) is 43.1 Å². The molecule has 0 aliphatic rings. The Hall–Kier alpha value is -15.1. The monoisotopic (exact) mass is 2010 g/mol. The van der Waals surface area contributed by atoms with E-state index in [2.05, 4.69) is 98.3 Å². The molecule has 17 aromatic rings. The van der Waals surface area contributed by atoms with Crippen molar-refractivity contribution in [2.24, 2.45) is 0 Å². The molecule has 142 heavy (non-hydrogen) atoms. The fraction of sp³-hybridized carbons (Fsp3) is 0.229. The number of aromatic nitrogens is 19. The van der Waals surface area contributed by atoms with Crippen molar-refractivity contribution in [1.82, 2.24) is 117 Å². The highest BCUT2D eigenvalue weighted by Gasteiger charge is 2.29. The number of rotatable bonds is 40. The Morgan fingerprint density at radius 3 is 0.908 bits per heavy atom. The van der Waals surface area contributed by atoms with Crippen molar-refractivity contribution in [1.29, 1.82) is 0 Å². The Morgan fingerprint density at radius 1 is 0.324 bits per heavy atom. The van der Waals surface area contributed by atoms with Crippen molar-refractivity contribution in [3.63, 3.8) is 0 Å². The molecule has 8 heterocycles. The number of carbonyl (C=O) groups excluding carboxylic acids is 8. The van der Waals surface area contributed by atoms with Crippen molar-refractivity contribution >= 4 is 126 Å². The van der Waals surface area contributed by atoms with Crippen LogP contribution < -0.4 is 21.3 Å². The zero-order valence-electron chi connectivity index (χ0n) is 77.8. The number of thiophene rings is 1. The summed E-state index contributed by atoms with van der Waals surface area (Å²) in [6, 6.07) is 74.0. The van der Waals surface area contributed by atoms with Gasteiger partial charge in [0, 0.05) is 91.1 Å². The number of hydrogen-bond donors (Lipinski definition) is 4. The van der Waals surface area contributed by atoms with Gasteiger partial charge in [0.25, 0.3) is 23.6 Å². The first kappa shape index (κ1) is 103. The number of thiazole rings is 1. The fourth-order valence-electron chi connectivity index (χ4n) is 16.0. The lowest BCUT2D eigenvalue weighted by atomic mass is 9.97. The number of nitrogens with zero attached hydrogens (tertiary/aromatic N) is 19. The van der Waals surface area contributed by atoms with Crippen LogP contribution in [0.3, 0.4) is 0 Å². The Labute approximate surface area is 846 Å². The van der Waals surface area contributed by atoms with Crippen LogP contribution in [0.2, 0.25) is 20.1 Å². The van der Waals surface area contributed by atoms with Crippen LogP contribution in [0.4, 0.5) is 0 Å². The van der Waals surface area contributed by atoms with E-state index in [9.17, 15) is 38.4 Å². The van der Waals surface area contributed by atoms with Crippen molar-refractivity contribution < 1.29 is 38.4 Å². The van der Waals surface area contributed by atoms with Gasteiger partial charge >= 0.3 is 0 Å². The minimum absolute atomic E-state index is 0.00326. The molecule has 8 aromatic heterocycles. The van der Waals surface area contributed by atoms with Crippen LogP contribution in [-0.4, -0.2) is 167 Å². The zero-order valence-corrected chi connectivity index (χ0v) is 82.5. The van der Waals surface area contributed by atoms with Crippen LogP contribution in [0.15, 0.2) is 286 Å². The molecule has 37 heteroatoms. The minimum Gasteiger partial charge on any atom is -0.342 e. The quantitative estimate of drug-likeness (QED) is 0.0277. The summed E-state index contributed by atoms with van der Waals surface area (Å²) in [5.41, 5.74) is 14.8. The standard InChI is InChI=1S/C28H25ClN6O2S.2C26H25ClN6O2.C25H24ClN5O2S/c1-18-31-23-12-10-21(16-27(23)38-18)28(37)32-24(14-19-6-3-2-4-7-19)26(36)9-5-8-20-15-22(29)11-13-25(20)35-17-30-33-34-35;2*1-18-14-21(12-13-28-18)26(35)30-23(15-19-6-3-2-4-7-19)25(34)9-5-8-20-16-22(27)10-11-24(20)33-17-29-31-32-33;1-17-10-13-24(34-17)25(33)28-21(14-18-6-3-2-4-7-18)23(32)9-5-8-19-15-20(26)11-12-22(19)31-16-27-29-30-31/h2-4,6-7,10-13,15-17,24H,5,8-9,14H2,1H3,(H,32,37);2*2-4,6-7,10-14,16-17,23H,5,8-9,15H2,1H3,(H,30,35);2-4,6-7,10-13,15-16,21H,5,8-9,14H2,1H3,(H,28,33)/t24-;2*23-;21-/m0000/s1. The maximum atomic E-state index is 13.4. The lowest BCUT2D eigenvalue weighted by Gasteiger charge is -2.18. The van der Waals surface area contributed by atoms with Crippen molar-refractivity contribution in [2.45, 2.75) is 155 Å². The lowest BCUT2D eigenvalue weighted by molar-refractivity contribution is -0.121. The summed E-state index contributed by atoms with van der Waals surface area (Å²) in [4.78, 5) is 119. The third kappa shape index (κ3) is 30.4. The summed E-state index contributed by atoms with van der Waals surface area (Å²) in [6.45, 7) is 7.54. The molecule has 0 aliphatic heterocycles. The van der Waals surface area contributed by atoms with E-state index in [-0.39, 0.29) is 46.8 Å². The van der Waals surface area contributed by atoms with Gasteiger partial charge in [-0.2, -0.15) is 0 Å². The van der Waals surface area contributed by atoms with Crippen LogP contribution in [-0.2, 0) is 70.5 Å². The van der Waals surface area contributed by atoms with Gasteiger partial charge in [-0.25, -0.2) is 23.7 Å². The number of carbonyl (C=O) groups is 8. The Bertz CT molecular complexity index is 6890. The van der Waals surface area contributed by atoms with E-state index in [1.54, 1.807) is 103 Å². The predicted molar refractivity (Wildman–Crippen MR) is 545 cm³/mol. The number of amides is 4. The first-order valence-electron chi connectivity index (χ1n) is 45.8. The number of Topliss-reactive ketones (excluding diaryl/α,β-unsaturated/α-hetero) is 4. The predicted octanol–water partition coefficient (Wildman–Crippen LogP) is 17.7. The van der Waals surface area contributed by atoms with Crippen molar-refractivity contribution in [3.8, 4) is 22.7 Å². The van der Waals surface area contributed by atoms with Crippen LogP contribution in [0.5, 0.6) is 0 Å². The Kier molecular flexibility index (Phi) is 37.4. The van der Waals surface area contributed by atoms with Gasteiger partial charge in [0.1, 0.15) is 25.3 Å². The summed E-state index contributed by atoms with van der Waals surface area (Å²) in [5.74, 6) is -1.16. The number of benzene rings is 9. The van der Waals surface area contributed by atoms with Gasteiger partial charge in [0.15, 0.2) is 23.1 Å². The number of fused-ring (bicyclic) bond motifs is 1. The Balaban J connectivity index is 0.000000151. The Morgan fingerprint density at radius 2 is 0.627 bits per heavy atom. The molecular formula is C105H99Cl4N23O8S2. The summed E-state index contributed by atoms with van der Waals surface area (Å²) >= 11 is 27.8. The molecule has 722 valence electrons. The van der Waals surface area contributed by atoms with E-state index in [1.807, 2.05) is 216 Å². The second-order valence-corrected chi connectivity index (χ2v) is 37.7. The number of tetrazole rings is 4.